The molecule has 0 spiro atoms. The molecule has 3 nitrogen and oxygen atoms in total. The summed E-state index contributed by atoms with van der Waals surface area (Å²) in [6.45, 7) is 0. The van der Waals surface area contributed by atoms with Gasteiger partial charge in [0.15, 0.2) is 5.69 Å². The number of fused-ring (bicyclic) bond motifs is 1. The van der Waals surface area contributed by atoms with E-state index in [1.54, 1.807) is 6.07 Å². The normalized spacial score (nSPS) is 14.8. The predicted octanol–water partition coefficient (Wildman–Crippen LogP) is 1.44. The maximum Gasteiger partial charge on any atom is 0.482 e. The highest BCUT2D eigenvalue weighted by atomic mass is 19.4. The van der Waals surface area contributed by atoms with Gasteiger partial charge in [0.25, 0.3) is 0 Å². The molecular weight excluding hydrogens is 183 g/mol. The van der Waals surface area contributed by atoms with Gasteiger partial charge in [-0.25, -0.2) is 0 Å². The highest BCUT2D eigenvalue weighted by molar-refractivity contribution is 6.05. The molecule has 0 atom stereocenters. The Labute approximate surface area is 71.3 Å². The minimum absolute atomic E-state index is 0.0785. The number of rotatable bonds is 0. The lowest BCUT2D eigenvalue weighted by atomic mass is 10.4. The Morgan fingerprint density at radius 2 is 2.15 bits per heavy atom. The van der Waals surface area contributed by atoms with Gasteiger partial charge >= 0.3 is 17.8 Å². The van der Waals surface area contributed by atoms with Crippen molar-refractivity contribution in [2.24, 2.45) is 0 Å². The monoisotopic (exact) mass is 187 g/mol. The number of aromatic nitrogens is 1. The van der Waals surface area contributed by atoms with E-state index in [0.717, 1.165) is 0 Å². The summed E-state index contributed by atoms with van der Waals surface area (Å²) in [7, 11) is 0. The smallest absolute Gasteiger partial charge is 0.261 e. The summed E-state index contributed by atoms with van der Waals surface area (Å²) in [5.41, 5.74) is 0.287. The Morgan fingerprint density at radius 3 is 2.77 bits per heavy atom. The molecule has 1 aromatic rings. The highest BCUT2D eigenvalue weighted by Crippen LogP contribution is 2.27. The molecule has 0 saturated heterocycles. The van der Waals surface area contributed by atoms with Gasteiger partial charge in [0.2, 0.25) is 0 Å². The van der Waals surface area contributed by atoms with E-state index in [4.69, 9.17) is 0 Å². The molecule has 1 aromatic heterocycles. The third-order valence-electron chi connectivity index (χ3n) is 1.53. The molecule has 0 aliphatic carbocycles. The van der Waals surface area contributed by atoms with Crippen LogP contribution in [0.15, 0.2) is 18.3 Å². The minimum atomic E-state index is -4.44. The number of alkyl halides is 3. The van der Waals surface area contributed by atoms with E-state index in [9.17, 15) is 13.2 Å². The Kier molecular flexibility index (Phi) is 1.51. The van der Waals surface area contributed by atoms with E-state index < -0.39 is 12.0 Å². The van der Waals surface area contributed by atoms with Gasteiger partial charge < -0.3 is 0 Å². The summed E-state index contributed by atoms with van der Waals surface area (Å²) in [4.78, 5) is 6.97. The van der Waals surface area contributed by atoms with Crippen LogP contribution in [0.4, 0.5) is 24.7 Å². The number of anilines is 1. The number of halogens is 3. The van der Waals surface area contributed by atoms with E-state index in [1.165, 1.54) is 12.3 Å². The van der Waals surface area contributed by atoms with Crippen LogP contribution in [0.25, 0.3) is 0 Å². The van der Waals surface area contributed by atoms with Crippen molar-refractivity contribution in [2.45, 2.75) is 6.18 Å². The molecule has 13 heavy (non-hydrogen) atoms. The van der Waals surface area contributed by atoms with Gasteiger partial charge in [-0.3, -0.25) is 5.32 Å². The van der Waals surface area contributed by atoms with Crippen molar-refractivity contribution in [3.63, 3.8) is 0 Å². The first kappa shape index (κ1) is 8.03. The molecule has 1 aliphatic rings. The maximum atomic E-state index is 12.1. The second-order valence-electron chi connectivity index (χ2n) is 2.46. The van der Waals surface area contributed by atoms with Crippen molar-refractivity contribution in [2.75, 3.05) is 5.32 Å². The van der Waals surface area contributed by atoms with Crippen molar-refractivity contribution in [1.29, 1.82) is 0 Å². The van der Waals surface area contributed by atoms with Crippen LogP contribution >= 0.6 is 0 Å². The second kappa shape index (κ2) is 2.45. The summed E-state index contributed by atoms with van der Waals surface area (Å²) < 4.78 is 36.3. The number of amidine groups is 1. The van der Waals surface area contributed by atoms with Crippen LogP contribution < -0.4 is 10.3 Å². The minimum Gasteiger partial charge on any atom is -0.261 e. The Balaban J connectivity index is 2.37. The van der Waals surface area contributed by atoms with Gasteiger partial charge in [-0.1, -0.05) is 4.99 Å². The molecule has 0 bridgehead atoms. The first-order valence-corrected chi connectivity index (χ1v) is 3.45. The molecule has 1 aliphatic heterocycles. The van der Waals surface area contributed by atoms with Gasteiger partial charge in [0, 0.05) is 0 Å². The van der Waals surface area contributed by atoms with Crippen molar-refractivity contribution < 1.29 is 13.2 Å². The lowest BCUT2D eigenvalue weighted by Gasteiger charge is -1.99. The average molecular weight is 187 g/mol. The molecule has 0 fully saturated rings. The zero-order valence-electron chi connectivity index (χ0n) is 6.26. The molecule has 2 rings (SSSR count). The maximum absolute atomic E-state index is 12.1. The zero-order valence-corrected chi connectivity index (χ0v) is 6.26. The van der Waals surface area contributed by atoms with Crippen LogP contribution in [-0.2, 0) is 0 Å². The van der Waals surface area contributed by atoms with Gasteiger partial charge in [0.1, 0.15) is 6.20 Å². The van der Waals surface area contributed by atoms with Crippen LogP contribution in [0, 0.1) is 0 Å². The van der Waals surface area contributed by atoms with E-state index in [-0.39, 0.29) is 11.5 Å². The number of aliphatic imine (C=N–C) groups is 1. The van der Waals surface area contributed by atoms with Crippen LogP contribution in [-0.4, -0.2) is 17.0 Å². The molecular formula is C7H4F3N3+. The zero-order chi connectivity index (χ0) is 9.47. The third kappa shape index (κ3) is 1.34. The number of nitrogens with zero attached hydrogens (tertiary/aromatic N) is 2. The molecule has 2 heterocycles. The van der Waals surface area contributed by atoms with Crippen LogP contribution in [0.2, 0.25) is 0 Å². The molecule has 0 unspecified atom stereocenters. The first-order chi connectivity index (χ1) is 6.07. The largest absolute Gasteiger partial charge is 0.482 e. The fourth-order valence-corrected chi connectivity index (χ4v) is 0.979. The van der Waals surface area contributed by atoms with Crippen molar-refractivity contribution in [1.82, 2.24) is 9.98 Å². The van der Waals surface area contributed by atoms with Crippen molar-refractivity contribution in [3.05, 3.63) is 18.3 Å². The van der Waals surface area contributed by atoms with Gasteiger partial charge in [-0.05, 0) is 12.1 Å². The van der Waals surface area contributed by atoms with Crippen LogP contribution in [0.3, 0.4) is 0 Å². The first-order valence-electron chi connectivity index (χ1n) is 3.45. The van der Waals surface area contributed by atoms with Crippen molar-refractivity contribution in [3.8, 4) is 0 Å². The molecule has 1 radical (unpaired) electrons. The van der Waals surface area contributed by atoms with E-state index in [0.29, 0.717) is 0 Å². The Morgan fingerprint density at radius 1 is 1.38 bits per heavy atom. The second-order valence-corrected chi connectivity index (χ2v) is 2.46. The van der Waals surface area contributed by atoms with E-state index >= 15 is 0 Å². The highest BCUT2D eigenvalue weighted by Gasteiger charge is 2.46. The Bertz CT molecular complexity index is 369. The molecule has 0 saturated carbocycles. The fraction of sp³-hybridized carbons (Fsp3) is 0.143. The van der Waals surface area contributed by atoms with Gasteiger partial charge in [-0.2, -0.15) is 13.2 Å². The summed E-state index contributed by atoms with van der Waals surface area (Å²) >= 11 is 0. The summed E-state index contributed by atoms with van der Waals surface area (Å²) in [5.74, 6) is -0.934. The lowest BCUT2D eigenvalue weighted by molar-refractivity contribution is -0.0589. The lowest BCUT2D eigenvalue weighted by Crippen LogP contribution is -2.30. The van der Waals surface area contributed by atoms with E-state index in [2.05, 4.69) is 15.3 Å². The average Bonchev–Trinajstić information content (AvgIpc) is 2.45. The van der Waals surface area contributed by atoms with Crippen LogP contribution in [0.5, 0.6) is 0 Å². The number of hydrogen-bond donors (Lipinski definition) is 1. The van der Waals surface area contributed by atoms with E-state index in [1.807, 2.05) is 0 Å². The molecule has 0 amide bonds. The van der Waals surface area contributed by atoms with Crippen molar-refractivity contribution >= 4 is 17.3 Å². The summed E-state index contributed by atoms with van der Waals surface area (Å²) in [6.07, 6.45) is -3.05. The van der Waals surface area contributed by atoms with Gasteiger partial charge in [-0.15, -0.1) is 4.98 Å². The summed E-state index contributed by atoms with van der Waals surface area (Å²) in [5, 5.41) is 2.14. The number of nitrogens with one attached hydrogen (secondary N) is 1. The predicted molar refractivity (Wildman–Crippen MR) is 40.7 cm³/mol. The Hall–Kier alpha value is -1.59. The number of hydrogen-bond acceptors (Lipinski definition) is 3. The molecule has 67 valence electrons. The standard InChI is InChI=1S/C7H4F3N3/c8-7(9,10)6-12-4-2-1-3-11-5(4)13-6/h1-3,12H/q+1. The SMILES string of the molecule is FC(F)(F)C1=[N+]c2ncccc2N1. The van der Waals surface area contributed by atoms with Crippen LogP contribution in [0.1, 0.15) is 0 Å². The van der Waals surface area contributed by atoms with Gasteiger partial charge in [0.05, 0.1) is 0 Å². The topological polar surface area (TPSA) is 39.0 Å². The summed E-state index contributed by atoms with van der Waals surface area (Å²) in [6, 6.07) is 3.03. The fourth-order valence-electron chi connectivity index (χ4n) is 0.979. The molecule has 1 N–H and O–H groups in total. The number of pyridine rings is 1. The third-order valence-corrected chi connectivity index (χ3v) is 1.53. The quantitative estimate of drug-likeness (QED) is 0.667. The molecule has 0 aromatic carbocycles. The molecule has 6 heteroatoms.